The molecule has 0 radical (unpaired) electrons. The lowest BCUT2D eigenvalue weighted by molar-refractivity contribution is -0.146. The average Bonchev–Trinajstić information content (AvgIpc) is 1.99. The highest BCUT2D eigenvalue weighted by Crippen LogP contribution is 2.15. The highest BCUT2D eigenvalue weighted by molar-refractivity contribution is 5.78. The van der Waals surface area contributed by atoms with E-state index in [1.807, 2.05) is 34.6 Å². The SMILES string of the molecule is CC(C)NC(C)(CCOC(C)(C)C)C(=O)O. The molecule has 0 amide bonds. The van der Waals surface area contributed by atoms with Gasteiger partial charge in [0.1, 0.15) is 5.54 Å². The third-order valence-electron chi connectivity index (χ3n) is 2.22. The van der Waals surface area contributed by atoms with Gasteiger partial charge in [-0.1, -0.05) is 0 Å². The second-order valence-corrected chi connectivity index (χ2v) is 5.65. The molecule has 0 saturated carbocycles. The van der Waals surface area contributed by atoms with Gasteiger partial charge in [0.15, 0.2) is 0 Å². The summed E-state index contributed by atoms with van der Waals surface area (Å²) in [7, 11) is 0. The molecule has 16 heavy (non-hydrogen) atoms. The van der Waals surface area contributed by atoms with E-state index in [2.05, 4.69) is 5.32 Å². The molecule has 0 aromatic heterocycles. The highest BCUT2D eigenvalue weighted by atomic mass is 16.5. The quantitative estimate of drug-likeness (QED) is 0.734. The van der Waals surface area contributed by atoms with Gasteiger partial charge >= 0.3 is 5.97 Å². The summed E-state index contributed by atoms with van der Waals surface area (Å²) >= 11 is 0. The average molecular weight is 231 g/mol. The van der Waals surface area contributed by atoms with E-state index < -0.39 is 11.5 Å². The molecule has 0 spiro atoms. The van der Waals surface area contributed by atoms with Crippen LogP contribution in [0.25, 0.3) is 0 Å². The molecule has 1 atom stereocenters. The molecular formula is C12H25NO3. The molecule has 0 aliphatic carbocycles. The van der Waals surface area contributed by atoms with Crippen LogP contribution >= 0.6 is 0 Å². The van der Waals surface area contributed by atoms with E-state index in [1.54, 1.807) is 6.92 Å². The Bertz CT molecular complexity index is 233. The van der Waals surface area contributed by atoms with Gasteiger partial charge in [0.2, 0.25) is 0 Å². The maximum absolute atomic E-state index is 11.2. The zero-order valence-electron chi connectivity index (χ0n) is 11.3. The third-order valence-corrected chi connectivity index (χ3v) is 2.22. The fourth-order valence-electron chi connectivity index (χ4n) is 1.44. The van der Waals surface area contributed by atoms with Gasteiger partial charge in [-0.3, -0.25) is 10.1 Å². The Labute approximate surface area is 98.4 Å². The normalized spacial score (nSPS) is 16.2. The van der Waals surface area contributed by atoms with Crippen molar-refractivity contribution in [2.75, 3.05) is 6.61 Å². The fourth-order valence-corrected chi connectivity index (χ4v) is 1.44. The first-order chi connectivity index (χ1) is 7.07. The Balaban J connectivity index is 4.29. The Kier molecular flexibility index (Phi) is 5.42. The minimum Gasteiger partial charge on any atom is -0.480 e. The molecule has 0 aliphatic rings. The van der Waals surface area contributed by atoms with E-state index in [4.69, 9.17) is 4.74 Å². The lowest BCUT2D eigenvalue weighted by Crippen LogP contribution is -2.53. The van der Waals surface area contributed by atoms with Gasteiger partial charge in [-0.15, -0.1) is 0 Å². The van der Waals surface area contributed by atoms with Crippen LogP contribution in [0.5, 0.6) is 0 Å². The zero-order valence-corrected chi connectivity index (χ0v) is 11.3. The van der Waals surface area contributed by atoms with Crippen molar-refractivity contribution in [1.29, 1.82) is 0 Å². The first kappa shape index (κ1) is 15.4. The molecule has 0 saturated heterocycles. The van der Waals surface area contributed by atoms with Gasteiger partial charge in [0.05, 0.1) is 5.60 Å². The smallest absolute Gasteiger partial charge is 0.323 e. The van der Waals surface area contributed by atoms with Crippen molar-refractivity contribution in [1.82, 2.24) is 5.32 Å². The van der Waals surface area contributed by atoms with Crippen LogP contribution in [0.1, 0.15) is 48.0 Å². The van der Waals surface area contributed by atoms with Crippen LogP contribution in [0.4, 0.5) is 0 Å². The van der Waals surface area contributed by atoms with Gasteiger partial charge in [-0.2, -0.15) is 0 Å². The lowest BCUT2D eigenvalue weighted by atomic mass is 9.97. The van der Waals surface area contributed by atoms with Crippen LogP contribution in [-0.2, 0) is 9.53 Å². The fraction of sp³-hybridized carbons (Fsp3) is 0.917. The highest BCUT2D eigenvalue weighted by Gasteiger charge is 2.33. The van der Waals surface area contributed by atoms with Crippen molar-refractivity contribution in [2.45, 2.75) is 65.1 Å². The molecule has 0 fully saturated rings. The molecule has 0 aliphatic heterocycles. The van der Waals surface area contributed by atoms with Crippen LogP contribution in [0.15, 0.2) is 0 Å². The van der Waals surface area contributed by atoms with Crippen molar-refractivity contribution in [3.63, 3.8) is 0 Å². The molecule has 0 aromatic carbocycles. The first-order valence-electron chi connectivity index (χ1n) is 5.72. The van der Waals surface area contributed by atoms with Gasteiger partial charge < -0.3 is 9.84 Å². The number of nitrogens with one attached hydrogen (secondary N) is 1. The number of carboxylic acids is 1. The van der Waals surface area contributed by atoms with E-state index >= 15 is 0 Å². The summed E-state index contributed by atoms with van der Waals surface area (Å²) in [5.74, 6) is -0.835. The van der Waals surface area contributed by atoms with Gasteiger partial charge in [-0.05, 0) is 48.0 Å². The molecule has 4 heteroatoms. The molecule has 2 N–H and O–H groups in total. The van der Waals surface area contributed by atoms with Crippen LogP contribution in [0.2, 0.25) is 0 Å². The summed E-state index contributed by atoms with van der Waals surface area (Å²) in [6, 6.07) is 0.135. The van der Waals surface area contributed by atoms with Gasteiger partial charge in [0, 0.05) is 12.6 Å². The van der Waals surface area contributed by atoms with Crippen molar-refractivity contribution < 1.29 is 14.6 Å². The van der Waals surface area contributed by atoms with Crippen LogP contribution in [0.3, 0.4) is 0 Å². The summed E-state index contributed by atoms with van der Waals surface area (Å²) in [5, 5.41) is 12.3. The molecule has 96 valence electrons. The maximum atomic E-state index is 11.2. The Hall–Kier alpha value is -0.610. The molecule has 4 nitrogen and oxygen atoms in total. The van der Waals surface area contributed by atoms with E-state index in [1.165, 1.54) is 0 Å². The standard InChI is InChI=1S/C12H25NO3/c1-9(2)13-12(6,10(14)15)7-8-16-11(3,4)5/h9,13H,7-8H2,1-6H3,(H,14,15). The molecule has 0 heterocycles. The van der Waals surface area contributed by atoms with Crippen LogP contribution in [0, 0.1) is 0 Å². The second-order valence-electron chi connectivity index (χ2n) is 5.65. The monoisotopic (exact) mass is 231 g/mol. The predicted molar refractivity (Wildman–Crippen MR) is 64.6 cm³/mol. The summed E-state index contributed by atoms with van der Waals surface area (Å²) in [5.41, 5.74) is -1.14. The number of carbonyl (C=O) groups is 1. The van der Waals surface area contributed by atoms with Crippen LogP contribution < -0.4 is 5.32 Å². The maximum Gasteiger partial charge on any atom is 0.323 e. The van der Waals surface area contributed by atoms with Crippen molar-refractivity contribution in [3.8, 4) is 0 Å². The molecule has 0 aromatic rings. The lowest BCUT2D eigenvalue weighted by Gasteiger charge is -2.30. The van der Waals surface area contributed by atoms with Crippen molar-refractivity contribution >= 4 is 5.97 Å². The van der Waals surface area contributed by atoms with E-state index in [0.29, 0.717) is 13.0 Å². The summed E-state index contributed by atoms with van der Waals surface area (Å²) in [6.45, 7) is 11.9. The van der Waals surface area contributed by atoms with Gasteiger partial charge in [-0.25, -0.2) is 0 Å². The van der Waals surface area contributed by atoms with E-state index in [9.17, 15) is 9.90 Å². The molecular weight excluding hydrogens is 206 g/mol. The summed E-state index contributed by atoms with van der Waals surface area (Å²) < 4.78 is 5.55. The second kappa shape index (κ2) is 5.64. The number of hydrogen-bond acceptors (Lipinski definition) is 3. The summed E-state index contributed by atoms with van der Waals surface area (Å²) in [4.78, 5) is 11.2. The Morgan fingerprint density at radius 3 is 2.12 bits per heavy atom. The molecule has 0 rings (SSSR count). The zero-order chi connectivity index (χ0) is 13.0. The topological polar surface area (TPSA) is 58.6 Å². The van der Waals surface area contributed by atoms with Gasteiger partial charge in [0.25, 0.3) is 0 Å². The van der Waals surface area contributed by atoms with Crippen LogP contribution in [-0.4, -0.2) is 34.9 Å². The Morgan fingerprint density at radius 2 is 1.81 bits per heavy atom. The van der Waals surface area contributed by atoms with Crippen molar-refractivity contribution in [2.24, 2.45) is 0 Å². The third kappa shape index (κ3) is 6.08. The minimum atomic E-state index is -0.917. The number of rotatable bonds is 6. The number of carboxylic acid groups (broad SMARTS) is 1. The number of hydrogen-bond donors (Lipinski definition) is 2. The molecule has 1 unspecified atom stereocenters. The minimum absolute atomic E-state index is 0.135. The summed E-state index contributed by atoms with van der Waals surface area (Å²) in [6.07, 6.45) is 0.456. The first-order valence-corrected chi connectivity index (χ1v) is 5.72. The largest absolute Gasteiger partial charge is 0.480 e. The molecule has 0 bridgehead atoms. The predicted octanol–water partition coefficient (Wildman–Crippen LogP) is 2.03. The Morgan fingerprint density at radius 1 is 1.31 bits per heavy atom. The van der Waals surface area contributed by atoms with E-state index in [-0.39, 0.29) is 11.6 Å². The van der Waals surface area contributed by atoms with Crippen molar-refractivity contribution in [3.05, 3.63) is 0 Å². The van der Waals surface area contributed by atoms with E-state index in [0.717, 1.165) is 0 Å². The number of aliphatic carboxylic acids is 1. The number of ether oxygens (including phenoxy) is 1.